The molecule has 1 aliphatic heterocycles. The van der Waals surface area contributed by atoms with E-state index in [1.807, 2.05) is 25.7 Å². The number of carbonyl (C=O) groups is 1. The summed E-state index contributed by atoms with van der Waals surface area (Å²) < 4.78 is 0. The summed E-state index contributed by atoms with van der Waals surface area (Å²) in [6, 6.07) is -0.368. The molecule has 1 unspecified atom stereocenters. The van der Waals surface area contributed by atoms with Gasteiger partial charge in [-0.15, -0.1) is 0 Å². The fourth-order valence-corrected chi connectivity index (χ4v) is 3.57. The van der Waals surface area contributed by atoms with Crippen molar-refractivity contribution in [1.82, 2.24) is 4.90 Å². The van der Waals surface area contributed by atoms with Crippen LogP contribution in [-0.2, 0) is 4.79 Å². The molecule has 1 saturated heterocycles. The van der Waals surface area contributed by atoms with Crippen molar-refractivity contribution in [3.63, 3.8) is 0 Å². The van der Waals surface area contributed by atoms with E-state index in [1.165, 1.54) is 44.9 Å². The van der Waals surface area contributed by atoms with Crippen molar-refractivity contribution in [2.45, 2.75) is 71.8 Å². The summed E-state index contributed by atoms with van der Waals surface area (Å²) >= 11 is 0. The first-order valence-electron chi connectivity index (χ1n) is 7.89. The van der Waals surface area contributed by atoms with Gasteiger partial charge in [-0.25, -0.2) is 0 Å². The Morgan fingerprint density at radius 2 is 1.58 bits per heavy atom. The highest BCUT2D eigenvalue weighted by Gasteiger charge is 2.39. The number of hydrogen-bond donors (Lipinski definition) is 1. The zero-order valence-electron chi connectivity index (χ0n) is 12.9. The van der Waals surface area contributed by atoms with Crippen LogP contribution in [-0.4, -0.2) is 29.9 Å². The molecule has 110 valence electrons. The van der Waals surface area contributed by atoms with Gasteiger partial charge >= 0.3 is 0 Å². The smallest absolute Gasteiger partial charge is 0.240 e. The predicted molar refractivity (Wildman–Crippen MR) is 78.8 cm³/mol. The minimum absolute atomic E-state index is 0.142. The average Bonchev–Trinajstić information content (AvgIpc) is 2.38. The summed E-state index contributed by atoms with van der Waals surface area (Å²) in [5.74, 6) is 0.151. The van der Waals surface area contributed by atoms with Crippen LogP contribution in [0.15, 0.2) is 0 Å². The van der Waals surface area contributed by atoms with Crippen molar-refractivity contribution in [2.24, 2.45) is 16.6 Å². The number of piperidine rings is 1. The van der Waals surface area contributed by atoms with E-state index in [0.29, 0.717) is 5.41 Å². The van der Waals surface area contributed by atoms with Gasteiger partial charge in [0.05, 0.1) is 6.04 Å². The highest BCUT2D eigenvalue weighted by atomic mass is 16.2. The molecule has 2 N–H and O–H groups in total. The first kappa shape index (κ1) is 14.8. The van der Waals surface area contributed by atoms with Gasteiger partial charge in [-0.2, -0.15) is 0 Å². The van der Waals surface area contributed by atoms with E-state index in [4.69, 9.17) is 5.73 Å². The lowest BCUT2D eigenvalue weighted by Crippen LogP contribution is -2.53. The number of carbonyl (C=O) groups excluding carboxylic acids is 1. The van der Waals surface area contributed by atoms with Crippen molar-refractivity contribution in [3.05, 3.63) is 0 Å². The van der Waals surface area contributed by atoms with Crippen LogP contribution in [0.2, 0.25) is 0 Å². The molecule has 0 aromatic rings. The summed E-state index contributed by atoms with van der Waals surface area (Å²) in [5.41, 5.74) is 6.52. The maximum atomic E-state index is 12.4. The number of likely N-dealkylation sites (tertiary alicyclic amines) is 1. The number of rotatable bonds is 1. The highest BCUT2D eigenvalue weighted by Crippen LogP contribution is 2.44. The molecule has 19 heavy (non-hydrogen) atoms. The molecule has 2 rings (SSSR count). The van der Waals surface area contributed by atoms with Gasteiger partial charge in [0, 0.05) is 13.1 Å². The van der Waals surface area contributed by atoms with Crippen LogP contribution >= 0.6 is 0 Å². The Kier molecular flexibility index (Phi) is 4.24. The van der Waals surface area contributed by atoms with Crippen molar-refractivity contribution in [3.8, 4) is 0 Å². The van der Waals surface area contributed by atoms with Gasteiger partial charge in [0.15, 0.2) is 0 Å². The van der Waals surface area contributed by atoms with Crippen molar-refractivity contribution >= 4 is 5.91 Å². The molecule has 0 aromatic carbocycles. The lowest BCUT2D eigenvalue weighted by molar-refractivity contribution is -0.137. The van der Waals surface area contributed by atoms with Gasteiger partial charge in [0.1, 0.15) is 0 Å². The average molecular weight is 266 g/mol. The first-order valence-corrected chi connectivity index (χ1v) is 7.89. The van der Waals surface area contributed by atoms with Crippen molar-refractivity contribution in [1.29, 1.82) is 0 Å². The SMILES string of the molecule is CC(C)(C)C(N)C(=O)N1CCC2(CCCCC2)CC1. The minimum Gasteiger partial charge on any atom is -0.341 e. The zero-order valence-corrected chi connectivity index (χ0v) is 12.9. The fourth-order valence-electron chi connectivity index (χ4n) is 3.57. The number of nitrogens with zero attached hydrogens (tertiary/aromatic N) is 1. The standard InChI is InChI=1S/C16H30N2O/c1-15(2,3)13(17)14(19)18-11-9-16(10-12-18)7-5-4-6-8-16/h13H,4-12,17H2,1-3H3. The predicted octanol–water partition coefficient (Wildman–Crippen LogP) is 2.93. The number of amides is 1. The minimum atomic E-state index is -0.368. The second-order valence-electron chi connectivity index (χ2n) is 7.73. The molecule has 2 aliphatic rings. The van der Waals surface area contributed by atoms with E-state index in [2.05, 4.69) is 0 Å². The molecule has 0 bridgehead atoms. The molecule has 2 fully saturated rings. The Hall–Kier alpha value is -0.570. The van der Waals surface area contributed by atoms with Crippen LogP contribution in [0.1, 0.15) is 65.7 Å². The van der Waals surface area contributed by atoms with Gasteiger partial charge in [-0.3, -0.25) is 4.79 Å². The summed E-state index contributed by atoms with van der Waals surface area (Å²) in [6.07, 6.45) is 9.30. The van der Waals surface area contributed by atoms with E-state index in [-0.39, 0.29) is 17.4 Å². The van der Waals surface area contributed by atoms with Crippen LogP contribution in [0.25, 0.3) is 0 Å². The molecule has 3 nitrogen and oxygen atoms in total. The number of nitrogens with two attached hydrogens (primary N) is 1. The van der Waals surface area contributed by atoms with Crippen LogP contribution in [0, 0.1) is 10.8 Å². The Morgan fingerprint density at radius 3 is 2.05 bits per heavy atom. The largest absolute Gasteiger partial charge is 0.341 e. The second kappa shape index (κ2) is 5.43. The Balaban J connectivity index is 1.91. The van der Waals surface area contributed by atoms with E-state index in [1.54, 1.807) is 0 Å². The second-order valence-corrected chi connectivity index (χ2v) is 7.73. The molecule has 0 radical (unpaired) electrons. The van der Waals surface area contributed by atoms with Gasteiger partial charge in [0.25, 0.3) is 0 Å². The summed E-state index contributed by atoms with van der Waals surface area (Å²) in [5, 5.41) is 0. The lowest BCUT2D eigenvalue weighted by atomic mass is 9.68. The number of hydrogen-bond acceptors (Lipinski definition) is 2. The molecule has 1 saturated carbocycles. The van der Waals surface area contributed by atoms with E-state index < -0.39 is 0 Å². The molecule has 1 aliphatic carbocycles. The van der Waals surface area contributed by atoms with Crippen LogP contribution in [0.4, 0.5) is 0 Å². The Bertz CT molecular complexity index is 316. The van der Waals surface area contributed by atoms with Gasteiger partial charge in [-0.1, -0.05) is 40.0 Å². The van der Waals surface area contributed by atoms with E-state index >= 15 is 0 Å². The third kappa shape index (κ3) is 3.31. The third-order valence-corrected chi connectivity index (χ3v) is 5.25. The van der Waals surface area contributed by atoms with Crippen molar-refractivity contribution < 1.29 is 4.79 Å². The monoisotopic (exact) mass is 266 g/mol. The van der Waals surface area contributed by atoms with E-state index in [0.717, 1.165) is 13.1 Å². The Morgan fingerprint density at radius 1 is 1.05 bits per heavy atom. The molecule has 1 spiro atoms. The molecule has 1 amide bonds. The molecule has 1 atom stereocenters. The fraction of sp³-hybridized carbons (Fsp3) is 0.938. The highest BCUT2D eigenvalue weighted by molar-refractivity contribution is 5.82. The first-order chi connectivity index (χ1) is 8.84. The van der Waals surface area contributed by atoms with Crippen molar-refractivity contribution in [2.75, 3.05) is 13.1 Å². The molecule has 0 aromatic heterocycles. The van der Waals surface area contributed by atoms with Gasteiger partial charge in [-0.05, 0) is 36.5 Å². The molecular weight excluding hydrogens is 236 g/mol. The topological polar surface area (TPSA) is 46.3 Å². The van der Waals surface area contributed by atoms with Crippen LogP contribution in [0.5, 0.6) is 0 Å². The van der Waals surface area contributed by atoms with Crippen LogP contribution < -0.4 is 5.73 Å². The third-order valence-electron chi connectivity index (χ3n) is 5.25. The maximum Gasteiger partial charge on any atom is 0.240 e. The maximum absolute atomic E-state index is 12.4. The lowest BCUT2D eigenvalue weighted by Gasteiger charge is -2.45. The molecular formula is C16H30N2O. The van der Waals surface area contributed by atoms with Crippen LogP contribution in [0.3, 0.4) is 0 Å². The zero-order chi connectivity index (χ0) is 14.1. The molecule has 1 heterocycles. The summed E-state index contributed by atoms with van der Waals surface area (Å²) in [7, 11) is 0. The molecule has 3 heteroatoms. The Labute approximate surface area is 117 Å². The summed E-state index contributed by atoms with van der Waals surface area (Å²) in [6.45, 7) is 7.97. The quantitative estimate of drug-likeness (QED) is 0.793. The van der Waals surface area contributed by atoms with Gasteiger partial charge < -0.3 is 10.6 Å². The summed E-state index contributed by atoms with van der Waals surface area (Å²) in [4.78, 5) is 14.4. The van der Waals surface area contributed by atoms with E-state index in [9.17, 15) is 4.79 Å². The van der Waals surface area contributed by atoms with Gasteiger partial charge in [0.2, 0.25) is 5.91 Å². The normalized spacial score (nSPS) is 25.4.